The van der Waals surface area contributed by atoms with Gasteiger partial charge in [0.05, 0.1) is 0 Å². The van der Waals surface area contributed by atoms with E-state index < -0.39 is 12.4 Å². The second kappa shape index (κ2) is 3.46. The molecule has 0 bridgehead atoms. The Morgan fingerprint density at radius 1 is 1.27 bits per heavy atom. The van der Waals surface area contributed by atoms with E-state index >= 15 is 0 Å². The summed E-state index contributed by atoms with van der Waals surface area (Å²) in [4.78, 5) is 0. The lowest BCUT2D eigenvalue weighted by Gasteiger charge is -2.22. The van der Waals surface area contributed by atoms with E-state index in [0.29, 0.717) is 0 Å². The van der Waals surface area contributed by atoms with Gasteiger partial charge in [-0.15, -0.1) is 0 Å². The molecule has 0 aromatic heterocycles. The fourth-order valence-corrected chi connectivity index (χ4v) is 0.798. The molecule has 0 aromatic rings. The Hall–Kier alpha value is -0.200. The highest BCUT2D eigenvalue weighted by atomic mass is 17.0. The molecule has 0 aromatic carbocycles. The maximum absolute atomic E-state index is 5.11. The van der Waals surface area contributed by atoms with Crippen molar-refractivity contribution in [2.24, 2.45) is 0 Å². The molecule has 11 heavy (non-hydrogen) atoms. The fourth-order valence-electron chi connectivity index (χ4n) is 0.798. The highest BCUT2D eigenvalue weighted by Gasteiger charge is 2.42. The van der Waals surface area contributed by atoms with Gasteiger partial charge in [0.2, 0.25) is 0 Å². The first-order chi connectivity index (χ1) is 5.26. The van der Waals surface area contributed by atoms with E-state index in [-0.39, 0.29) is 6.61 Å². The Balaban J connectivity index is 2.48. The van der Waals surface area contributed by atoms with Gasteiger partial charge in [-0.2, -0.15) is 0 Å². The van der Waals surface area contributed by atoms with Crippen LogP contribution in [0.15, 0.2) is 0 Å². The molecule has 0 aliphatic carbocycles. The Bertz CT molecular complexity index is 122. The molecule has 1 rings (SSSR count). The summed E-state index contributed by atoms with van der Waals surface area (Å²) in [6.45, 7) is -0.492. The maximum Gasteiger partial charge on any atom is 0.311 e. The second-order valence-corrected chi connectivity index (χ2v) is 2.04. The molecule has 1 atom stereocenters. The van der Waals surface area contributed by atoms with Crippen LogP contribution in [0.25, 0.3) is 0 Å². The SMILES string of the molecule is COC1OCC(OC)(OC)O1. The van der Waals surface area contributed by atoms with Crippen LogP contribution in [-0.2, 0) is 23.7 Å². The van der Waals surface area contributed by atoms with Crippen LogP contribution in [0.1, 0.15) is 0 Å². The van der Waals surface area contributed by atoms with Gasteiger partial charge in [-0.3, -0.25) is 4.74 Å². The van der Waals surface area contributed by atoms with Crippen LogP contribution < -0.4 is 0 Å². The average Bonchev–Trinajstić information content (AvgIpc) is 2.49. The van der Waals surface area contributed by atoms with Crippen molar-refractivity contribution in [1.82, 2.24) is 0 Å². The smallest absolute Gasteiger partial charge is 0.311 e. The van der Waals surface area contributed by atoms with Crippen LogP contribution in [0.4, 0.5) is 0 Å². The van der Waals surface area contributed by atoms with Crippen LogP contribution in [0.2, 0.25) is 0 Å². The van der Waals surface area contributed by atoms with Crippen LogP contribution in [0, 0.1) is 0 Å². The van der Waals surface area contributed by atoms with Crippen LogP contribution in [0.3, 0.4) is 0 Å². The molecule has 0 spiro atoms. The Labute approximate surface area is 65.1 Å². The monoisotopic (exact) mass is 164 g/mol. The topological polar surface area (TPSA) is 46.2 Å². The highest BCUT2D eigenvalue weighted by molar-refractivity contribution is 4.59. The summed E-state index contributed by atoms with van der Waals surface area (Å²) in [5, 5.41) is 0. The van der Waals surface area contributed by atoms with E-state index in [1.54, 1.807) is 0 Å². The summed E-state index contributed by atoms with van der Waals surface area (Å²) < 4.78 is 24.7. The molecule has 0 N–H and O–H groups in total. The summed E-state index contributed by atoms with van der Waals surface area (Å²) >= 11 is 0. The summed E-state index contributed by atoms with van der Waals surface area (Å²) in [5.74, 6) is -1.10. The van der Waals surface area contributed by atoms with Crippen molar-refractivity contribution in [3.63, 3.8) is 0 Å². The van der Waals surface area contributed by atoms with Gasteiger partial charge in [-0.05, 0) is 0 Å². The predicted octanol–water partition coefficient (Wildman–Crippen LogP) is -0.0902. The van der Waals surface area contributed by atoms with E-state index in [1.165, 1.54) is 21.3 Å². The molecule has 0 saturated carbocycles. The Kier molecular flexibility index (Phi) is 2.80. The van der Waals surface area contributed by atoms with Crippen molar-refractivity contribution in [2.45, 2.75) is 12.4 Å². The summed E-state index contributed by atoms with van der Waals surface area (Å²) in [7, 11) is 4.43. The third-order valence-electron chi connectivity index (χ3n) is 1.49. The third kappa shape index (κ3) is 1.69. The minimum atomic E-state index is -1.10. The van der Waals surface area contributed by atoms with Crippen molar-refractivity contribution < 1.29 is 23.7 Å². The molecule has 1 fully saturated rings. The van der Waals surface area contributed by atoms with E-state index in [9.17, 15) is 0 Å². The van der Waals surface area contributed by atoms with Gasteiger partial charge < -0.3 is 18.9 Å². The minimum Gasteiger partial charge on any atom is -0.333 e. The van der Waals surface area contributed by atoms with Crippen LogP contribution >= 0.6 is 0 Å². The van der Waals surface area contributed by atoms with Crippen molar-refractivity contribution in [2.75, 3.05) is 27.9 Å². The zero-order chi connectivity index (χ0) is 8.32. The van der Waals surface area contributed by atoms with E-state index in [4.69, 9.17) is 23.7 Å². The lowest BCUT2D eigenvalue weighted by Crippen LogP contribution is -2.36. The second-order valence-electron chi connectivity index (χ2n) is 2.04. The Morgan fingerprint density at radius 2 is 1.91 bits per heavy atom. The normalized spacial score (nSPS) is 29.2. The number of ether oxygens (including phenoxy) is 5. The van der Waals surface area contributed by atoms with Crippen molar-refractivity contribution in [3.8, 4) is 0 Å². The first-order valence-corrected chi connectivity index (χ1v) is 3.19. The molecule has 5 heteroatoms. The van der Waals surface area contributed by atoms with Gasteiger partial charge in [0.1, 0.15) is 6.61 Å². The average molecular weight is 164 g/mol. The molecule has 0 amide bonds. The molecule has 5 nitrogen and oxygen atoms in total. The highest BCUT2D eigenvalue weighted by Crippen LogP contribution is 2.24. The molecule has 66 valence electrons. The molecule has 1 aliphatic rings. The standard InChI is InChI=1S/C6H12O5/c1-7-5-10-4-6(8-2,9-3)11-5/h5H,4H2,1-3H3. The van der Waals surface area contributed by atoms with Crippen molar-refractivity contribution >= 4 is 0 Å². The zero-order valence-electron chi connectivity index (χ0n) is 6.83. The molecule has 1 saturated heterocycles. The third-order valence-corrected chi connectivity index (χ3v) is 1.49. The first kappa shape index (κ1) is 8.89. The number of rotatable bonds is 3. The summed E-state index contributed by atoms with van der Waals surface area (Å²) in [6, 6.07) is 0. The van der Waals surface area contributed by atoms with Crippen LogP contribution in [0.5, 0.6) is 0 Å². The van der Waals surface area contributed by atoms with Gasteiger partial charge in [-0.25, -0.2) is 0 Å². The zero-order valence-corrected chi connectivity index (χ0v) is 6.83. The van der Waals surface area contributed by atoms with Gasteiger partial charge in [-0.1, -0.05) is 0 Å². The molecule has 1 unspecified atom stereocenters. The number of hydrogen-bond acceptors (Lipinski definition) is 5. The van der Waals surface area contributed by atoms with Crippen LogP contribution in [-0.4, -0.2) is 40.4 Å². The Morgan fingerprint density at radius 3 is 2.18 bits per heavy atom. The quantitative estimate of drug-likeness (QED) is 0.545. The van der Waals surface area contributed by atoms with Gasteiger partial charge >= 0.3 is 5.97 Å². The van der Waals surface area contributed by atoms with E-state index in [2.05, 4.69) is 0 Å². The molecule has 0 radical (unpaired) electrons. The van der Waals surface area contributed by atoms with Crippen molar-refractivity contribution in [3.05, 3.63) is 0 Å². The largest absolute Gasteiger partial charge is 0.333 e. The number of methoxy groups -OCH3 is 3. The summed E-state index contributed by atoms with van der Waals surface area (Å²) in [5.41, 5.74) is 0. The van der Waals surface area contributed by atoms with Gasteiger partial charge in [0.25, 0.3) is 6.48 Å². The van der Waals surface area contributed by atoms with Gasteiger partial charge in [0, 0.05) is 21.3 Å². The number of hydrogen-bond donors (Lipinski definition) is 0. The maximum atomic E-state index is 5.11. The predicted molar refractivity (Wildman–Crippen MR) is 34.6 cm³/mol. The van der Waals surface area contributed by atoms with Crippen molar-refractivity contribution in [1.29, 1.82) is 0 Å². The van der Waals surface area contributed by atoms with E-state index in [0.717, 1.165) is 0 Å². The molecule has 1 aliphatic heterocycles. The minimum absolute atomic E-state index is 0.207. The fraction of sp³-hybridized carbons (Fsp3) is 1.00. The lowest BCUT2D eigenvalue weighted by molar-refractivity contribution is -0.371. The first-order valence-electron chi connectivity index (χ1n) is 3.19. The van der Waals surface area contributed by atoms with Gasteiger partial charge in [0.15, 0.2) is 0 Å². The lowest BCUT2D eigenvalue weighted by atomic mass is 10.6. The molecule has 1 heterocycles. The molecular formula is C6H12O5. The molecular weight excluding hydrogens is 152 g/mol. The summed E-state index contributed by atoms with van der Waals surface area (Å²) in [6.07, 6.45) is 0. The van der Waals surface area contributed by atoms with E-state index in [1.807, 2.05) is 0 Å².